The standard InChI is InChI=1S/C18H23NO8/c1-9(25-10(2)20)7-14(17(19)18(23)24)13-5-6-15(26-11(3)21)16(8-13)27-12(4)22/h5-6,8-9,14,17H,7,19H2,1-4H3,(H,23,24)/t9?,14?,17-/m0/s1. The van der Waals surface area contributed by atoms with Gasteiger partial charge in [-0.3, -0.25) is 19.2 Å². The molecule has 0 fully saturated rings. The first-order chi connectivity index (χ1) is 12.5. The molecule has 0 aliphatic rings. The highest BCUT2D eigenvalue weighted by Gasteiger charge is 2.29. The van der Waals surface area contributed by atoms with Gasteiger partial charge in [0.2, 0.25) is 0 Å². The fraction of sp³-hybridized carbons (Fsp3) is 0.444. The summed E-state index contributed by atoms with van der Waals surface area (Å²) in [6.07, 6.45) is -0.470. The van der Waals surface area contributed by atoms with Crippen molar-refractivity contribution in [3.8, 4) is 11.5 Å². The van der Waals surface area contributed by atoms with E-state index in [1.54, 1.807) is 6.92 Å². The molecule has 1 rings (SSSR count). The number of carboxylic acid groups (broad SMARTS) is 1. The van der Waals surface area contributed by atoms with Gasteiger partial charge in [-0.1, -0.05) is 6.07 Å². The molecule has 0 heterocycles. The summed E-state index contributed by atoms with van der Waals surface area (Å²) < 4.78 is 15.1. The van der Waals surface area contributed by atoms with Crippen LogP contribution in [0.15, 0.2) is 18.2 Å². The van der Waals surface area contributed by atoms with Crippen LogP contribution in [-0.4, -0.2) is 41.1 Å². The first-order valence-corrected chi connectivity index (χ1v) is 8.17. The maximum atomic E-state index is 11.4. The second kappa shape index (κ2) is 9.67. The summed E-state index contributed by atoms with van der Waals surface area (Å²) in [5.41, 5.74) is 6.24. The summed E-state index contributed by atoms with van der Waals surface area (Å²) in [6.45, 7) is 5.22. The third-order valence-electron chi connectivity index (χ3n) is 3.57. The van der Waals surface area contributed by atoms with Crippen molar-refractivity contribution in [1.82, 2.24) is 0 Å². The largest absolute Gasteiger partial charge is 0.480 e. The van der Waals surface area contributed by atoms with Crippen molar-refractivity contribution >= 4 is 23.9 Å². The molecule has 148 valence electrons. The van der Waals surface area contributed by atoms with Crippen LogP contribution in [0.4, 0.5) is 0 Å². The molecule has 3 N–H and O–H groups in total. The second-order valence-electron chi connectivity index (χ2n) is 6.02. The zero-order chi connectivity index (χ0) is 20.7. The van der Waals surface area contributed by atoms with Crippen LogP contribution in [-0.2, 0) is 23.9 Å². The fourth-order valence-electron chi connectivity index (χ4n) is 2.58. The van der Waals surface area contributed by atoms with E-state index in [1.807, 2.05) is 0 Å². The van der Waals surface area contributed by atoms with E-state index in [4.69, 9.17) is 19.9 Å². The number of rotatable bonds is 8. The Hall–Kier alpha value is -2.94. The Morgan fingerprint density at radius 3 is 2.04 bits per heavy atom. The van der Waals surface area contributed by atoms with Crippen molar-refractivity contribution in [2.24, 2.45) is 5.73 Å². The molecule has 0 radical (unpaired) electrons. The zero-order valence-corrected chi connectivity index (χ0v) is 15.6. The highest BCUT2D eigenvalue weighted by atomic mass is 16.6. The molecule has 1 aromatic carbocycles. The highest BCUT2D eigenvalue weighted by Crippen LogP contribution is 2.34. The Balaban J connectivity index is 3.30. The molecule has 0 bridgehead atoms. The molecule has 0 amide bonds. The van der Waals surface area contributed by atoms with Crippen LogP contribution in [0.3, 0.4) is 0 Å². The van der Waals surface area contributed by atoms with Gasteiger partial charge in [-0.15, -0.1) is 0 Å². The lowest BCUT2D eigenvalue weighted by molar-refractivity contribution is -0.146. The van der Waals surface area contributed by atoms with Crippen LogP contribution in [0, 0.1) is 0 Å². The topological polar surface area (TPSA) is 142 Å². The molecule has 0 spiro atoms. The van der Waals surface area contributed by atoms with Crippen LogP contribution in [0.1, 0.15) is 45.6 Å². The van der Waals surface area contributed by atoms with Crippen LogP contribution in [0.5, 0.6) is 11.5 Å². The lowest BCUT2D eigenvalue weighted by Gasteiger charge is -2.25. The number of carboxylic acids is 1. The second-order valence-corrected chi connectivity index (χ2v) is 6.02. The van der Waals surface area contributed by atoms with E-state index in [2.05, 4.69) is 0 Å². The van der Waals surface area contributed by atoms with Gasteiger partial charge in [0.25, 0.3) is 0 Å². The molecule has 3 atom stereocenters. The summed E-state index contributed by atoms with van der Waals surface area (Å²) in [7, 11) is 0. The van der Waals surface area contributed by atoms with E-state index in [-0.39, 0.29) is 17.9 Å². The van der Waals surface area contributed by atoms with Crippen molar-refractivity contribution in [2.45, 2.75) is 52.2 Å². The number of nitrogens with two attached hydrogens (primary N) is 1. The Morgan fingerprint density at radius 2 is 1.56 bits per heavy atom. The fourth-order valence-corrected chi connectivity index (χ4v) is 2.58. The SMILES string of the molecule is CC(=O)Oc1ccc(C(CC(C)OC(C)=O)[C@H](N)C(=O)O)cc1OC(C)=O. The maximum absolute atomic E-state index is 11.4. The smallest absolute Gasteiger partial charge is 0.321 e. The Labute approximate surface area is 156 Å². The molecule has 2 unspecified atom stereocenters. The van der Waals surface area contributed by atoms with E-state index in [9.17, 15) is 24.3 Å². The van der Waals surface area contributed by atoms with Crippen LogP contribution in [0.2, 0.25) is 0 Å². The zero-order valence-electron chi connectivity index (χ0n) is 15.6. The lowest BCUT2D eigenvalue weighted by atomic mass is 9.87. The third-order valence-corrected chi connectivity index (χ3v) is 3.57. The number of carbonyl (C=O) groups is 4. The minimum atomic E-state index is -1.30. The summed E-state index contributed by atoms with van der Waals surface area (Å²) in [5.74, 6) is -3.79. The summed E-state index contributed by atoms with van der Waals surface area (Å²) in [4.78, 5) is 45.1. The molecule has 0 saturated carbocycles. The van der Waals surface area contributed by atoms with Gasteiger partial charge >= 0.3 is 23.9 Å². The molecule has 0 aliphatic carbocycles. The average molecular weight is 381 g/mol. The number of aliphatic carboxylic acids is 1. The first-order valence-electron chi connectivity index (χ1n) is 8.17. The van der Waals surface area contributed by atoms with E-state index in [0.29, 0.717) is 5.56 Å². The van der Waals surface area contributed by atoms with Crippen molar-refractivity contribution in [2.75, 3.05) is 0 Å². The molecular weight excluding hydrogens is 358 g/mol. The quantitative estimate of drug-likeness (QED) is 0.504. The van der Waals surface area contributed by atoms with Gasteiger partial charge in [-0.2, -0.15) is 0 Å². The number of hydrogen-bond donors (Lipinski definition) is 2. The molecule has 9 nitrogen and oxygen atoms in total. The molecule has 27 heavy (non-hydrogen) atoms. The van der Waals surface area contributed by atoms with Crippen molar-refractivity contribution in [3.05, 3.63) is 23.8 Å². The maximum Gasteiger partial charge on any atom is 0.321 e. The molecule has 0 saturated heterocycles. The van der Waals surface area contributed by atoms with Gasteiger partial charge in [0.15, 0.2) is 11.5 Å². The van der Waals surface area contributed by atoms with Gasteiger partial charge < -0.3 is 25.1 Å². The number of carbonyl (C=O) groups excluding carboxylic acids is 3. The Bertz CT molecular complexity index is 730. The molecule has 0 aliphatic heterocycles. The lowest BCUT2D eigenvalue weighted by Crippen LogP contribution is -2.38. The van der Waals surface area contributed by atoms with Gasteiger partial charge in [-0.25, -0.2) is 0 Å². The van der Waals surface area contributed by atoms with Crippen LogP contribution in [0.25, 0.3) is 0 Å². The molecule has 0 aromatic heterocycles. The van der Waals surface area contributed by atoms with E-state index < -0.39 is 41.9 Å². The normalized spacial score (nSPS) is 13.8. The van der Waals surface area contributed by atoms with E-state index >= 15 is 0 Å². The van der Waals surface area contributed by atoms with E-state index in [0.717, 1.165) is 0 Å². The highest BCUT2D eigenvalue weighted by molar-refractivity contribution is 5.76. The minimum absolute atomic E-state index is 0.0112. The van der Waals surface area contributed by atoms with Crippen molar-refractivity contribution in [3.63, 3.8) is 0 Å². The van der Waals surface area contributed by atoms with Crippen molar-refractivity contribution in [1.29, 1.82) is 0 Å². The first kappa shape index (κ1) is 22.1. The predicted molar refractivity (Wildman–Crippen MR) is 93.3 cm³/mol. The predicted octanol–water partition coefficient (Wildman–Crippen LogP) is 1.37. The third kappa shape index (κ3) is 7.06. The minimum Gasteiger partial charge on any atom is -0.480 e. The number of benzene rings is 1. The number of hydrogen-bond acceptors (Lipinski definition) is 8. The summed E-state index contributed by atoms with van der Waals surface area (Å²) in [5, 5.41) is 9.31. The number of esters is 3. The van der Waals surface area contributed by atoms with Gasteiger partial charge in [0.05, 0.1) is 6.10 Å². The van der Waals surface area contributed by atoms with Crippen LogP contribution >= 0.6 is 0 Å². The molecule has 1 aromatic rings. The Kier molecular flexibility index (Phi) is 7.92. The van der Waals surface area contributed by atoms with Gasteiger partial charge in [-0.05, 0) is 31.0 Å². The van der Waals surface area contributed by atoms with Crippen molar-refractivity contribution < 1.29 is 38.5 Å². The van der Waals surface area contributed by atoms with Gasteiger partial charge in [0, 0.05) is 26.7 Å². The molecule has 9 heteroatoms. The van der Waals surface area contributed by atoms with Gasteiger partial charge in [0.1, 0.15) is 6.04 Å². The number of ether oxygens (including phenoxy) is 3. The average Bonchev–Trinajstić information content (AvgIpc) is 2.52. The monoisotopic (exact) mass is 381 g/mol. The molecular formula is C18H23NO8. The Morgan fingerprint density at radius 1 is 1.00 bits per heavy atom. The summed E-state index contributed by atoms with van der Waals surface area (Å²) >= 11 is 0. The summed E-state index contributed by atoms with van der Waals surface area (Å²) in [6, 6.07) is 2.98. The van der Waals surface area contributed by atoms with E-state index in [1.165, 1.54) is 39.0 Å². The van der Waals surface area contributed by atoms with Crippen LogP contribution < -0.4 is 15.2 Å².